The van der Waals surface area contributed by atoms with Crippen molar-refractivity contribution >= 4 is 11.8 Å². The lowest BCUT2D eigenvalue weighted by atomic mass is 10.1. The molecular formula is C15H20O3. The molecule has 3 nitrogen and oxygen atoms in total. The lowest BCUT2D eigenvalue weighted by Crippen LogP contribution is -2.16. The Kier molecular flexibility index (Phi) is 6.12. The summed E-state index contributed by atoms with van der Waals surface area (Å²) in [6.45, 7) is 3.76. The van der Waals surface area contributed by atoms with Crippen molar-refractivity contribution in [3.63, 3.8) is 0 Å². The van der Waals surface area contributed by atoms with Crippen molar-refractivity contribution in [1.82, 2.24) is 0 Å². The van der Waals surface area contributed by atoms with E-state index in [9.17, 15) is 9.59 Å². The molecule has 0 bridgehead atoms. The fourth-order valence-corrected chi connectivity index (χ4v) is 1.65. The summed E-state index contributed by atoms with van der Waals surface area (Å²) in [4.78, 5) is 23.1. The third-order valence-corrected chi connectivity index (χ3v) is 2.66. The predicted molar refractivity (Wildman–Crippen MR) is 70.5 cm³/mol. The minimum absolute atomic E-state index is 0.0917. The number of hydrogen-bond acceptors (Lipinski definition) is 3. The van der Waals surface area contributed by atoms with Crippen molar-refractivity contribution in [2.24, 2.45) is 0 Å². The summed E-state index contributed by atoms with van der Waals surface area (Å²) in [5.74, 6) is -0.0915. The highest BCUT2D eigenvalue weighted by molar-refractivity contribution is 5.95. The molecular weight excluding hydrogens is 228 g/mol. The minimum atomic E-state index is -0.197. The quantitative estimate of drug-likeness (QED) is 0.549. The van der Waals surface area contributed by atoms with E-state index < -0.39 is 0 Å². The molecule has 3 heteroatoms. The second-order valence-corrected chi connectivity index (χ2v) is 4.38. The molecule has 0 N–H and O–H groups in total. The summed E-state index contributed by atoms with van der Waals surface area (Å²) >= 11 is 0. The van der Waals surface area contributed by atoms with Gasteiger partial charge in [-0.05, 0) is 19.8 Å². The Balaban J connectivity index is 2.32. The van der Waals surface area contributed by atoms with Crippen molar-refractivity contribution in [2.75, 3.05) is 0 Å². The van der Waals surface area contributed by atoms with Crippen LogP contribution in [0.15, 0.2) is 30.3 Å². The van der Waals surface area contributed by atoms with Crippen molar-refractivity contribution in [3.8, 4) is 0 Å². The normalized spacial score (nSPS) is 11.9. The standard InChI is InChI=1S/C15H20O3/c1-3-7-15(17)18-12(2)10-11-14(16)13-8-5-4-6-9-13/h4-6,8-9,12H,3,7,10-11H2,1-2H3. The maximum Gasteiger partial charge on any atom is 0.306 e. The van der Waals surface area contributed by atoms with E-state index in [1.165, 1.54) is 0 Å². The summed E-state index contributed by atoms with van der Waals surface area (Å²) in [6, 6.07) is 9.17. The SMILES string of the molecule is CCCC(=O)OC(C)CCC(=O)c1ccccc1. The molecule has 0 fully saturated rings. The summed E-state index contributed by atoms with van der Waals surface area (Å²) in [6.07, 6.45) is 2.01. The van der Waals surface area contributed by atoms with E-state index in [2.05, 4.69) is 0 Å². The maximum atomic E-state index is 11.8. The van der Waals surface area contributed by atoms with Crippen LogP contribution in [-0.2, 0) is 9.53 Å². The fourth-order valence-electron chi connectivity index (χ4n) is 1.65. The highest BCUT2D eigenvalue weighted by Gasteiger charge is 2.11. The second-order valence-electron chi connectivity index (χ2n) is 4.38. The van der Waals surface area contributed by atoms with Gasteiger partial charge in [0.25, 0.3) is 0 Å². The molecule has 0 aliphatic heterocycles. The first-order chi connectivity index (χ1) is 8.63. The van der Waals surface area contributed by atoms with Crippen LogP contribution in [0.3, 0.4) is 0 Å². The number of esters is 1. The number of ketones is 1. The predicted octanol–water partition coefficient (Wildman–Crippen LogP) is 3.38. The lowest BCUT2D eigenvalue weighted by Gasteiger charge is -2.12. The van der Waals surface area contributed by atoms with Gasteiger partial charge in [-0.15, -0.1) is 0 Å². The minimum Gasteiger partial charge on any atom is -0.463 e. The van der Waals surface area contributed by atoms with Crippen LogP contribution in [-0.4, -0.2) is 17.9 Å². The third kappa shape index (κ3) is 5.13. The number of carbonyl (C=O) groups is 2. The van der Waals surface area contributed by atoms with Gasteiger partial charge in [0, 0.05) is 18.4 Å². The molecule has 1 aromatic carbocycles. The number of rotatable bonds is 7. The van der Waals surface area contributed by atoms with Gasteiger partial charge in [-0.25, -0.2) is 0 Å². The van der Waals surface area contributed by atoms with Gasteiger partial charge in [0.15, 0.2) is 5.78 Å². The molecule has 0 aliphatic rings. The highest BCUT2D eigenvalue weighted by atomic mass is 16.5. The highest BCUT2D eigenvalue weighted by Crippen LogP contribution is 2.09. The molecule has 0 saturated carbocycles. The smallest absolute Gasteiger partial charge is 0.306 e. The van der Waals surface area contributed by atoms with Crippen molar-refractivity contribution in [1.29, 1.82) is 0 Å². The van der Waals surface area contributed by atoms with Gasteiger partial charge in [-0.2, -0.15) is 0 Å². The Labute approximate surface area is 108 Å². The molecule has 0 radical (unpaired) electrons. The Morgan fingerprint density at radius 1 is 1.17 bits per heavy atom. The van der Waals surface area contributed by atoms with E-state index >= 15 is 0 Å². The summed E-state index contributed by atoms with van der Waals surface area (Å²) in [5.41, 5.74) is 0.713. The topological polar surface area (TPSA) is 43.4 Å². The van der Waals surface area contributed by atoms with Gasteiger partial charge in [0.1, 0.15) is 0 Å². The molecule has 1 unspecified atom stereocenters. The van der Waals surface area contributed by atoms with Crippen molar-refractivity contribution < 1.29 is 14.3 Å². The molecule has 0 aromatic heterocycles. The molecule has 0 amide bonds. The van der Waals surface area contributed by atoms with Crippen molar-refractivity contribution in [3.05, 3.63) is 35.9 Å². The molecule has 0 aliphatic carbocycles. The Morgan fingerprint density at radius 3 is 2.44 bits per heavy atom. The molecule has 0 spiro atoms. The average Bonchev–Trinajstić information content (AvgIpc) is 2.37. The van der Waals surface area contributed by atoms with Gasteiger partial charge in [-0.3, -0.25) is 9.59 Å². The monoisotopic (exact) mass is 248 g/mol. The summed E-state index contributed by atoms with van der Waals surface area (Å²) in [5, 5.41) is 0. The summed E-state index contributed by atoms with van der Waals surface area (Å²) < 4.78 is 5.19. The van der Waals surface area contributed by atoms with Crippen LogP contribution in [0.2, 0.25) is 0 Å². The average molecular weight is 248 g/mol. The molecule has 1 atom stereocenters. The maximum absolute atomic E-state index is 11.8. The van der Waals surface area contributed by atoms with Gasteiger partial charge in [0.05, 0.1) is 6.10 Å². The number of ether oxygens (including phenoxy) is 1. The van der Waals surface area contributed by atoms with Crippen LogP contribution in [0.25, 0.3) is 0 Å². The number of Topliss-reactive ketones (excluding diaryl/α,β-unsaturated/α-hetero) is 1. The van der Waals surface area contributed by atoms with Crippen LogP contribution in [0.1, 0.15) is 49.9 Å². The van der Waals surface area contributed by atoms with Crippen LogP contribution >= 0.6 is 0 Å². The van der Waals surface area contributed by atoms with Crippen LogP contribution in [0.5, 0.6) is 0 Å². The second kappa shape index (κ2) is 7.64. The first-order valence-electron chi connectivity index (χ1n) is 6.41. The Morgan fingerprint density at radius 2 is 1.83 bits per heavy atom. The van der Waals surface area contributed by atoms with E-state index in [0.717, 1.165) is 6.42 Å². The Hall–Kier alpha value is -1.64. The number of carbonyl (C=O) groups excluding carboxylic acids is 2. The molecule has 0 saturated heterocycles. The zero-order valence-corrected chi connectivity index (χ0v) is 11.0. The lowest BCUT2D eigenvalue weighted by molar-refractivity contribution is -0.148. The summed E-state index contributed by atoms with van der Waals surface area (Å²) in [7, 11) is 0. The van der Waals surface area contributed by atoms with Gasteiger partial charge < -0.3 is 4.74 Å². The molecule has 1 rings (SSSR count). The molecule has 18 heavy (non-hydrogen) atoms. The van der Waals surface area contributed by atoms with Crippen molar-refractivity contribution in [2.45, 2.75) is 45.6 Å². The zero-order valence-electron chi connectivity index (χ0n) is 11.0. The molecule has 0 heterocycles. The van der Waals surface area contributed by atoms with E-state index in [1.807, 2.05) is 32.0 Å². The number of benzene rings is 1. The van der Waals surface area contributed by atoms with E-state index in [-0.39, 0.29) is 17.9 Å². The Bertz CT molecular complexity index is 384. The van der Waals surface area contributed by atoms with Gasteiger partial charge in [-0.1, -0.05) is 37.3 Å². The zero-order chi connectivity index (χ0) is 13.4. The molecule has 1 aromatic rings. The van der Waals surface area contributed by atoms with Crippen LogP contribution in [0, 0.1) is 0 Å². The largest absolute Gasteiger partial charge is 0.463 e. The van der Waals surface area contributed by atoms with Crippen LogP contribution in [0.4, 0.5) is 0 Å². The van der Waals surface area contributed by atoms with Gasteiger partial charge in [0.2, 0.25) is 0 Å². The van der Waals surface area contributed by atoms with E-state index in [4.69, 9.17) is 4.74 Å². The first kappa shape index (κ1) is 14.4. The third-order valence-electron chi connectivity index (χ3n) is 2.66. The van der Waals surface area contributed by atoms with Gasteiger partial charge >= 0.3 is 5.97 Å². The number of hydrogen-bond donors (Lipinski definition) is 0. The van der Waals surface area contributed by atoms with Crippen LogP contribution < -0.4 is 0 Å². The molecule has 98 valence electrons. The first-order valence-corrected chi connectivity index (χ1v) is 6.41. The van der Waals surface area contributed by atoms with E-state index in [1.54, 1.807) is 12.1 Å². The van der Waals surface area contributed by atoms with E-state index in [0.29, 0.717) is 24.8 Å². The fraction of sp³-hybridized carbons (Fsp3) is 0.467.